The predicted molar refractivity (Wildman–Crippen MR) is 134 cm³/mol. The van der Waals surface area contributed by atoms with Gasteiger partial charge in [-0.15, -0.1) is 0 Å². The van der Waals surface area contributed by atoms with Crippen molar-refractivity contribution in [2.75, 3.05) is 10.6 Å². The van der Waals surface area contributed by atoms with E-state index in [1.165, 1.54) is 6.07 Å². The highest BCUT2D eigenvalue weighted by Crippen LogP contribution is 2.46. The fourth-order valence-electron chi connectivity index (χ4n) is 4.65. The largest absolute Gasteiger partial charge is 0.481 e. The zero-order valence-electron chi connectivity index (χ0n) is 19.4. The number of aryl methyl sites for hydroxylation is 1. The highest BCUT2D eigenvalue weighted by atomic mass is 35.5. The van der Waals surface area contributed by atoms with Gasteiger partial charge >= 0.3 is 18.2 Å². The Bertz CT molecular complexity index is 1360. The van der Waals surface area contributed by atoms with Crippen LogP contribution in [0, 0.1) is 5.41 Å². The molecule has 0 spiro atoms. The maximum atomic E-state index is 13.2. The van der Waals surface area contributed by atoms with Crippen LogP contribution in [0.4, 0.5) is 29.3 Å². The van der Waals surface area contributed by atoms with E-state index in [2.05, 4.69) is 10.6 Å². The van der Waals surface area contributed by atoms with Crippen molar-refractivity contribution >= 4 is 40.8 Å². The second-order valence-corrected chi connectivity index (χ2v) is 9.45. The number of ketones is 1. The summed E-state index contributed by atoms with van der Waals surface area (Å²) in [6.45, 7) is 0. The Morgan fingerprint density at radius 3 is 2.27 bits per heavy atom. The first kappa shape index (κ1) is 26.2. The van der Waals surface area contributed by atoms with Crippen molar-refractivity contribution in [3.63, 3.8) is 0 Å². The quantitative estimate of drug-likeness (QED) is 0.314. The number of urea groups is 1. The van der Waals surface area contributed by atoms with Crippen LogP contribution in [0.1, 0.15) is 35.2 Å². The summed E-state index contributed by atoms with van der Waals surface area (Å²) in [4.78, 5) is 36.6. The number of amides is 2. The number of halogens is 4. The van der Waals surface area contributed by atoms with E-state index in [-0.39, 0.29) is 18.4 Å². The van der Waals surface area contributed by atoms with Crippen molar-refractivity contribution in [1.82, 2.24) is 0 Å². The van der Waals surface area contributed by atoms with Crippen molar-refractivity contribution in [3.8, 4) is 11.1 Å². The van der Waals surface area contributed by atoms with Gasteiger partial charge in [-0.05, 0) is 59.9 Å². The number of nitrogens with one attached hydrogen (secondary N) is 2. The van der Waals surface area contributed by atoms with Crippen LogP contribution in [0.2, 0.25) is 5.02 Å². The molecule has 1 aliphatic rings. The summed E-state index contributed by atoms with van der Waals surface area (Å²) in [7, 11) is 0. The van der Waals surface area contributed by atoms with Crippen molar-refractivity contribution in [3.05, 3.63) is 82.9 Å². The molecule has 6 nitrogen and oxygen atoms in total. The van der Waals surface area contributed by atoms with E-state index >= 15 is 0 Å². The van der Waals surface area contributed by atoms with Crippen molar-refractivity contribution in [1.29, 1.82) is 0 Å². The average molecular weight is 531 g/mol. The van der Waals surface area contributed by atoms with Crippen LogP contribution in [0.15, 0.2) is 66.7 Å². The molecule has 3 aromatic carbocycles. The van der Waals surface area contributed by atoms with Gasteiger partial charge < -0.3 is 15.7 Å². The molecular weight excluding hydrogens is 509 g/mol. The third-order valence-electron chi connectivity index (χ3n) is 6.29. The molecule has 0 aliphatic heterocycles. The van der Waals surface area contributed by atoms with Crippen molar-refractivity contribution in [2.45, 2.75) is 31.9 Å². The van der Waals surface area contributed by atoms with Crippen LogP contribution in [0.5, 0.6) is 0 Å². The highest BCUT2D eigenvalue weighted by molar-refractivity contribution is 6.30. The van der Waals surface area contributed by atoms with Gasteiger partial charge in [0.15, 0.2) is 5.78 Å². The SMILES string of the molecule is O=C(O)CC1(CC(F)(F)F)CCc2cc(-c3ccc(NC(=O)Nc4cccc(Cl)c4)cc3)ccc2C1=O. The molecule has 0 aromatic heterocycles. The maximum absolute atomic E-state index is 13.2. The molecule has 0 heterocycles. The van der Waals surface area contributed by atoms with Crippen molar-refractivity contribution in [2.24, 2.45) is 5.41 Å². The summed E-state index contributed by atoms with van der Waals surface area (Å²) in [6.07, 6.45) is -7.04. The molecule has 1 aliphatic carbocycles. The van der Waals surface area contributed by atoms with Crippen LogP contribution in [0.3, 0.4) is 0 Å². The fraction of sp³-hybridized carbons (Fsp3) is 0.222. The second kappa shape index (κ2) is 10.3. The number of fused-ring (bicyclic) bond motifs is 1. The van der Waals surface area contributed by atoms with Gasteiger partial charge in [0.2, 0.25) is 0 Å². The molecule has 0 radical (unpaired) electrons. The summed E-state index contributed by atoms with van der Waals surface area (Å²) >= 11 is 5.92. The van der Waals surface area contributed by atoms with Gasteiger partial charge in [0.05, 0.1) is 18.3 Å². The number of rotatable bonds is 6. The number of Topliss-reactive ketones (excluding diaryl/α,β-unsaturated/α-hetero) is 1. The predicted octanol–water partition coefficient (Wildman–Crippen LogP) is 7.19. The molecule has 2 amide bonds. The van der Waals surface area contributed by atoms with E-state index in [0.717, 1.165) is 11.1 Å². The lowest BCUT2D eigenvalue weighted by atomic mass is 9.66. The molecular formula is C27H22ClF3N2O4. The normalized spacial score (nSPS) is 17.1. The summed E-state index contributed by atoms with van der Waals surface area (Å²) in [5.41, 5.74) is 1.27. The monoisotopic (exact) mass is 530 g/mol. The van der Waals surface area contributed by atoms with Gasteiger partial charge in [-0.3, -0.25) is 9.59 Å². The lowest BCUT2D eigenvalue weighted by molar-refractivity contribution is -0.160. The fourth-order valence-corrected chi connectivity index (χ4v) is 4.84. The van der Waals surface area contributed by atoms with Crippen LogP contribution < -0.4 is 10.6 Å². The molecule has 0 saturated heterocycles. The summed E-state index contributed by atoms with van der Waals surface area (Å²) in [6, 6.07) is 18.0. The Morgan fingerprint density at radius 2 is 1.62 bits per heavy atom. The molecule has 1 atom stereocenters. The minimum atomic E-state index is -4.66. The Balaban J connectivity index is 1.49. The van der Waals surface area contributed by atoms with Gasteiger partial charge in [0, 0.05) is 22.0 Å². The second-order valence-electron chi connectivity index (χ2n) is 9.01. The molecule has 192 valence electrons. The Morgan fingerprint density at radius 1 is 0.946 bits per heavy atom. The van der Waals surface area contributed by atoms with Gasteiger partial charge in [-0.2, -0.15) is 13.2 Å². The molecule has 4 rings (SSSR count). The summed E-state index contributed by atoms with van der Waals surface area (Å²) in [5, 5.41) is 15.1. The lowest BCUT2D eigenvalue weighted by Gasteiger charge is -2.36. The van der Waals surface area contributed by atoms with Gasteiger partial charge in [-0.1, -0.05) is 48.0 Å². The number of hydrogen-bond donors (Lipinski definition) is 3. The number of anilines is 2. The number of carboxylic acid groups (broad SMARTS) is 1. The van der Waals surface area contributed by atoms with Gasteiger partial charge in [-0.25, -0.2) is 4.79 Å². The first-order chi connectivity index (χ1) is 17.4. The third kappa shape index (κ3) is 6.29. The Kier molecular flexibility index (Phi) is 7.27. The third-order valence-corrected chi connectivity index (χ3v) is 6.53. The maximum Gasteiger partial charge on any atom is 0.390 e. The molecule has 3 N–H and O–H groups in total. The summed E-state index contributed by atoms with van der Waals surface area (Å²) < 4.78 is 39.7. The first-order valence-electron chi connectivity index (χ1n) is 11.3. The molecule has 0 saturated carbocycles. The van der Waals surface area contributed by atoms with Gasteiger partial charge in [0.1, 0.15) is 0 Å². The lowest BCUT2D eigenvalue weighted by Crippen LogP contribution is -2.41. The molecule has 0 bridgehead atoms. The smallest absolute Gasteiger partial charge is 0.390 e. The number of hydrogen-bond acceptors (Lipinski definition) is 3. The number of carbonyl (C=O) groups excluding carboxylic acids is 2. The van der Waals surface area contributed by atoms with Crippen LogP contribution >= 0.6 is 11.6 Å². The summed E-state index contributed by atoms with van der Waals surface area (Å²) in [5.74, 6) is -2.22. The first-order valence-corrected chi connectivity index (χ1v) is 11.7. The number of aliphatic carboxylic acids is 1. The zero-order chi connectivity index (χ0) is 26.8. The van der Waals surface area contributed by atoms with E-state index < -0.39 is 42.2 Å². The Labute approximate surface area is 215 Å². The zero-order valence-corrected chi connectivity index (χ0v) is 20.1. The average Bonchev–Trinajstić information content (AvgIpc) is 2.80. The molecule has 1 unspecified atom stereocenters. The highest BCUT2D eigenvalue weighted by Gasteiger charge is 2.50. The molecule has 10 heteroatoms. The number of alkyl halides is 3. The molecule has 37 heavy (non-hydrogen) atoms. The number of carbonyl (C=O) groups is 3. The van der Waals surface area contributed by atoms with E-state index in [9.17, 15) is 32.7 Å². The van der Waals surface area contributed by atoms with E-state index in [0.29, 0.717) is 22.0 Å². The number of carboxylic acids is 1. The minimum Gasteiger partial charge on any atom is -0.481 e. The van der Waals surface area contributed by atoms with Crippen LogP contribution in [-0.2, 0) is 11.2 Å². The van der Waals surface area contributed by atoms with E-state index in [1.807, 2.05) is 0 Å². The minimum absolute atomic E-state index is 0.122. The van der Waals surface area contributed by atoms with Gasteiger partial charge in [0.25, 0.3) is 0 Å². The van der Waals surface area contributed by atoms with E-state index in [1.54, 1.807) is 60.7 Å². The topological polar surface area (TPSA) is 95.5 Å². The molecule has 0 fully saturated rings. The molecule has 3 aromatic rings. The van der Waals surface area contributed by atoms with Crippen LogP contribution in [-0.4, -0.2) is 29.1 Å². The van der Waals surface area contributed by atoms with E-state index in [4.69, 9.17) is 11.6 Å². The number of benzene rings is 3. The van der Waals surface area contributed by atoms with Crippen molar-refractivity contribution < 1.29 is 32.7 Å². The Hall–Kier alpha value is -3.85. The standard InChI is InChI=1S/C27H22ClF3N2O4/c28-19-2-1-3-21(13-19)33-25(37)32-20-7-4-16(5-8-20)17-6-9-22-18(12-17)10-11-26(24(22)36,14-23(34)35)15-27(29,30)31/h1-9,12-13H,10-11,14-15H2,(H,34,35)(H2,32,33,37). The van der Waals surface area contributed by atoms with Crippen LogP contribution in [0.25, 0.3) is 11.1 Å².